The van der Waals surface area contributed by atoms with Gasteiger partial charge in [0, 0.05) is 25.7 Å². The van der Waals surface area contributed by atoms with E-state index in [0.717, 1.165) is 0 Å². The maximum atomic E-state index is 12.8. The monoisotopic (exact) mass is 384 g/mol. The zero-order valence-corrected chi connectivity index (χ0v) is 15.9. The summed E-state index contributed by atoms with van der Waals surface area (Å²) in [4.78, 5) is 48.8. The standard InChI is InChI=1S/C21H20O7/c1-12(22)27-17-11-16(21(20(25)26-3)10-6-9-18(21)24)14-7-4-5-8-15(14)19(17)28-13(2)23/h4-5,7-8,11H,6,9-10H2,1-3H3. The zero-order valence-electron chi connectivity index (χ0n) is 15.9. The van der Waals surface area contributed by atoms with Crippen LogP contribution in [0.3, 0.4) is 0 Å². The van der Waals surface area contributed by atoms with Crippen LogP contribution >= 0.6 is 0 Å². The van der Waals surface area contributed by atoms with Crippen LogP contribution < -0.4 is 9.47 Å². The third-order valence-corrected chi connectivity index (χ3v) is 4.89. The van der Waals surface area contributed by atoms with E-state index < -0.39 is 23.3 Å². The molecule has 0 amide bonds. The number of benzene rings is 2. The van der Waals surface area contributed by atoms with Gasteiger partial charge in [0.05, 0.1) is 7.11 Å². The number of Topliss-reactive ketones (excluding diaryl/α,β-unsaturated/α-hetero) is 1. The molecule has 0 radical (unpaired) electrons. The lowest BCUT2D eigenvalue weighted by molar-refractivity contribution is -0.150. The minimum absolute atomic E-state index is 0.0284. The fraction of sp³-hybridized carbons (Fsp3) is 0.333. The Labute approximate surface area is 161 Å². The predicted molar refractivity (Wildman–Crippen MR) is 99.1 cm³/mol. The molecule has 0 spiro atoms. The number of hydrogen-bond donors (Lipinski definition) is 0. The number of rotatable bonds is 4. The van der Waals surface area contributed by atoms with E-state index in [1.165, 1.54) is 27.0 Å². The number of ether oxygens (including phenoxy) is 3. The second-order valence-electron chi connectivity index (χ2n) is 6.66. The molecule has 1 unspecified atom stereocenters. The SMILES string of the molecule is COC(=O)C1(c2cc(OC(C)=O)c(OC(C)=O)c3ccccc23)CCCC1=O. The van der Waals surface area contributed by atoms with Crippen LogP contribution in [0.2, 0.25) is 0 Å². The van der Waals surface area contributed by atoms with Crippen LogP contribution in [0.5, 0.6) is 11.5 Å². The highest BCUT2D eigenvalue weighted by molar-refractivity contribution is 6.14. The summed E-state index contributed by atoms with van der Waals surface area (Å²) in [5.41, 5.74) is -1.11. The quantitative estimate of drug-likeness (QED) is 0.454. The number of methoxy groups -OCH3 is 1. The molecule has 0 aromatic heterocycles. The molecule has 146 valence electrons. The van der Waals surface area contributed by atoms with Gasteiger partial charge < -0.3 is 14.2 Å². The summed E-state index contributed by atoms with van der Waals surface area (Å²) in [6.45, 7) is 2.44. The van der Waals surface area contributed by atoms with E-state index in [2.05, 4.69) is 0 Å². The van der Waals surface area contributed by atoms with Crippen molar-refractivity contribution in [3.05, 3.63) is 35.9 Å². The zero-order chi connectivity index (χ0) is 20.5. The Morgan fingerprint density at radius 3 is 2.18 bits per heavy atom. The van der Waals surface area contributed by atoms with Gasteiger partial charge in [-0.25, -0.2) is 0 Å². The van der Waals surface area contributed by atoms with Gasteiger partial charge in [0.1, 0.15) is 0 Å². The molecule has 0 aliphatic heterocycles. The Kier molecular flexibility index (Phi) is 5.18. The van der Waals surface area contributed by atoms with Gasteiger partial charge in [0.2, 0.25) is 0 Å². The topological polar surface area (TPSA) is 96.0 Å². The van der Waals surface area contributed by atoms with E-state index in [4.69, 9.17) is 14.2 Å². The van der Waals surface area contributed by atoms with Crippen molar-refractivity contribution < 1.29 is 33.4 Å². The first-order valence-electron chi connectivity index (χ1n) is 8.86. The summed E-state index contributed by atoms with van der Waals surface area (Å²) in [7, 11) is 1.23. The van der Waals surface area contributed by atoms with Gasteiger partial charge in [-0.1, -0.05) is 24.3 Å². The van der Waals surface area contributed by atoms with E-state index in [1.807, 2.05) is 0 Å². The van der Waals surface area contributed by atoms with Crippen molar-refractivity contribution in [1.29, 1.82) is 0 Å². The van der Waals surface area contributed by atoms with Crippen molar-refractivity contribution in [3.63, 3.8) is 0 Å². The Morgan fingerprint density at radius 1 is 1.00 bits per heavy atom. The van der Waals surface area contributed by atoms with E-state index in [1.54, 1.807) is 24.3 Å². The Morgan fingerprint density at radius 2 is 1.64 bits per heavy atom. The lowest BCUT2D eigenvalue weighted by Gasteiger charge is -2.27. The number of ketones is 1. The molecule has 2 aromatic rings. The van der Waals surface area contributed by atoms with Crippen LogP contribution in [0.4, 0.5) is 0 Å². The first-order valence-corrected chi connectivity index (χ1v) is 8.86. The molecule has 3 rings (SSSR count). The largest absolute Gasteiger partial charge is 0.468 e. The van der Waals surface area contributed by atoms with Crippen LogP contribution in [0.1, 0.15) is 38.7 Å². The summed E-state index contributed by atoms with van der Waals surface area (Å²) in [6, 6.07) is 8.30. The number of carbonyl (C=O) groups is 4. The van der Waals surface area contributed by atoms with Crippen molar-refractivity contribution in [2.45, 2.75) is 38.5 Å². The Hall–Kier alpha value is -3.22. The van der Waals surface area contributed by atoms with Crippen molar-refractivity contribution >= 4 is 34.5 Å². The van der Waals surface area contributed by atoms with Crippen LogP contribution in [0.15, 0.2) is 30.3 Å². The third-order valence-electron chi connectivity index (χ3n) is 4.89. The average Bonchev–Trinajstić information content (AvgIpc) is 3.04. The van der Waals surface area contributed by atoms with Gasteiger partial charge in [0.15, 0.2) is 22.7 Å². The molecule has 7 nitrogen and oxygen atoms in total. The molecule has 0 saturated heterocycles. The van der Waals surface area contributed by atoms with Crippen molar-refractivity contribution in [2.75, 3.05) is 7.11 Å². The van der Waals surface area contributed by atoms with Crippen molar-refractivity contribution in [1.82, 2.24) is 0 Å². The number of esters is 3. The molecule has 1 aliphatic carbocycles. The maximum absolute atomic E-state index is 12.8. The number of hydrogen-bond acceptors (Lipinski definition) is 7. The van der Waals surface area contributed by atoms with Gasteiger partial charge >= 0.3 is 17.9 Å². The first-order chi connectivity index (χ1) is 13.3. The summed E-state index contributed by atoms with van der Waals surface area (Å²) in [5.74, 6) is -2.09. The predicted octanol–water partition coefficient (Wildman–Crippen LogP) is 2.85. The van der Waals surface area contributed by atoms with E-state index >= 15 is 0 Å². The van der Waals surface area contributed by atoms with E-state index in [0.29, 0.717) is 22.8 Å². The summed E-state index contributed by atoms with van der Waals surface area (Å²) >= 11 is 0. The second kappa shape index (κ2) is 7.42. The Bertz CT molecular complexity index is 992. The molecule has 28 heavy (non-hydrogen) atoms. The van der Waals surface area contributed by atoms with Gasteiger partial charge in [-0.15, -0.1) is 0 Å². The van der Waals surface area contributed by atoms with Crippen molar-refractivity contribution in [2.24, 2.45) is 0 Å². The molecule has 0 heterocycles. The molecule has 1 fully saturated rings. The second-order valence-corrected chi connectivity index (χ2v) is 6.66. The first kappa shape index (κ1) is 19.5. The molecular weight excluding hydrogens is 364 g/mol. The summed E-state index contributed by atoms with van der Waals surface area (Å²) in [5, 5.41) is 1.00. The molecule has 0 N–H and O–H groups in total. The molecule has 1 atom stereocenters. The average molecular weight is 384 g/mol. The molecule has 2 aromatic carbocycles. The lowest BCUT2D eigenvalue weighted by Crippen LogP contribution is -2.41. The number of carbonyl (C=O) groups excluding carboxylic acids is 4. The van der Waals surface area contributed by atoms with E-state index in [-0.39, 0.29) is 30.1 Å². The minimum atomic E-state index is -1.49. The van der Waals surface area contributed by atoms with Crippen LogP contribution in [-0.4, -0.2) is 30.8 Å². The fourth-order valence-corrected chi connectivity index (χ4v) is 3.81. The van der Waals surface area contributed by atoms with E-state index in [9.17, 15) is 19.2 Å². The highest BCUT2D eigenvalue weighted by atomic mass is 16.6. The molecular formula is C21H20O7. The third kappa shape index (κ3) is 3.13. The minimum Gasteiger partial charge on any atom is -0.468 e. The molecule has 7 heteroatoms. The van der Waals surface area contributed by atoms with Gasteiger partial charge in [0.25, 0.3) is 0 Å². The fourth-order valence-electron chi connectivity index (χ4n) is 3.81. The van der Waals surface area contributed by atoms with Gasteiger partial charge in [-0.3, -0.25) is 19.2 Å². The smallest absolute Gasteiger partial charge is 0.323 e. The summed E-state index contributed by atoms with van der Waals surface area (Å²) in [6.07, 6.45) is 1.07. The highest BCUT2D eigenvalue weighted by Gasteiger charge is 2.52. The van der Waals surface area contributed by atoms with Crippen LogP contribution in [-0.2, 0) is 29.3 Å². The molecule has 0 bridgehead atoms. The van der Waals surface area contributed by atoms with Gasteiger partial charge in [-0.2, -0.15) is 0 Å². The highest BCUT2D eigenvalue weighted by Crippen LogP contribution is 2.47. The van der Waals surface area contributed by atoms with Crippen LogP contribution in [0, 0.1) is 0 Å². The molecule has 1 aliphatic rings. The Balaban J connectivity index is 2.40. The van der Waals surface area contributed by atoms with Crippen LogP contribution in [0.25, 0.3) is 10.8 Å². The molecule has 1 saturated carbocycles. The summed E-state index contributed by atoms with van der Waals surface area (Å²) < 4.78 is 15.5. The number of fused-ring (bicyclic) bond motifs is 1. The van der Waals surface area contributed by atoms with Crippen molar-refractivity contribution in [3.8, 4) is 11.5 Å². The maximum Gasteiger partial charge on any atom is 0.323 e. The lowest BCUT2D eigenvalue weighted by atomic mass is 9.75. The van der Waals surface area contributed by atoms with Gasteiger partial charge in [-0.05, 0) is 29.9 Å². The normalized spacial score (nSPS) is 18.8.